The second-order valence-electron chi connectivity index (χ2n) is 6.98. The van der Waals surface area contributed by atoms with E-state index in [0.717, 1.165) is 0 Å². The lowest BCUT2D eigenvalue weighted by atomic mass is 10.1. The Morgan fingerprint density at radius 3 is 0.655 bits per heavy atom. The molecule has 0 heterocycles. The summed E-state index contributed by atoms with van der Waals surface area (Å²) in [5.74, 6) is 0. The highest BCUT2D eigenvalue weighted by Gasteiger charge is 1.84. The van der Waals surface area contributed by atoms with Crippen molar-refractivity contribution in [2.75, 3.05) is 0 Å². The Morgan fingerprint density at radius 2 is 0.483 bits per heavy atom. The highest BCUT2D eigenvalue weighted by molar-refractivity contribution is 5.24. The smallest absolute Gasteiger partial charge is 0.0395 e. The largest absolute Gasteiger partial charge is 0.0623 e. The number of benzene rings is 4. The van der Waals surface area contributed by atoms with Gasteiger partial charge in [-0.2, -0.15) is 0 Å². The highest BCUT2D eigenvalue weighted by Crippen LogP contribution is 2.03. The first kappa shape index (κ1) is 23.9. The zero-order valence-corrected chi connectivity index (χ0v) is 18.5. The van der Waals surface area contributed by atoms with Gasteiger partial charge in [0.25, 0.3) is 0 Å². The second-order valence-corrected chi connectivity index (χ2v) is 6.98. The van der Waals surface area contributed by atoms with Gasteiger partial charge in [0.15, 0.2) is 0 Å². The molecule has 0 aliphatic heterocycles. The summed E-state index contributed by atoms with van der Waals surface area (Å²) in [4.78, 5) is 0. The Labute approximate surface area is 177 Å². The maximum Gasteiger partial charge on any atom is -0.0395 e. The number of aryl methyl sites for hydroxylation is 5. The van der Waals surface area contributed by atoms with Gasteiger partial charge in [0, 0.05) is 0 Å². The SMILES string of the molecule is Cc1ccccc1.Cc1ccccc1C.Cc1ccccc1C.c1ccccc1. The Kier molecular flexibility index (Phi) is 12.3. The van der Waals surface area contributed by atoms with Crippen LogP contribution in [0.1, 0.15) is 27.8 Å². The molecule has 0 radical (unpaired) electrons. The van der Waals surface area contributed by atoms with E-state index in [0.29, 0.717) is 0 Å². The molecule has 4 rings (SSSR count). The number of hydrogen-bond acceptors (Lipinski definition) is 0. The van der Waals surface area contributed by atoms with Crippen molar-refractivity contribution in [3.8, 4) is 0 Å². The van der Waals surface area contributed by atoms with Gasteiger partial charge in [0.05, 0.1) is 0 Å². The fraction of sp³-hybridized carbons (Fsp3) is 0.172. The van der Waals surface area contributed by atoms with Crippen LogP contribution in [0.3, 0.4) is 0 Å². The van der Waals surface area contributed by atoms with Gasteiger partial charge < -0.3 is 0 Å². The monoisotopic (exact) mass is 382 g/mol. The van der Waals surface area contributed by atoms with Gasteiger partial charge in [-0.1, -0.05) is 121 Å². The molecule has 0 atom stereocenters. The quantitative estimate of drug-likeness (QED) is 0.287. The first-order valence-electron chi connectivity index (χ1n) is 10.1. The summed E-state index contributed by atoms with van der Waals surface area (Å²) in [6.45, 7) is 10.6. The average Bonchev–Trinajstić information content (AvgIpc) is 2.76. The molecule has 4 aromatic rings. The molecule has 0 amide bonds. The molecule has 0 unspecified atom stereocenters. The average molecular weight is 383 g/mol. The topological polar surface area (TPSA) is 0 Å². The lowest BCUT2D eigenvalue weighted by Gasteiger charge is -1.93. The van der Waals surface area contributed by atoms with E-state index in [9.17, 15) is 0 Å². The number of hydrogen-bond donors (Lipinski definition) is 0. The molecule has 150 valence electrons. The summed E-state index contributed by atoms with van der Waals surface area (Å²) in [5, 5.41) is 0. The minimum Gasteiger partial charge on any atom is -0.0623 e. The molecular weight excluding hydrogens is 348 g/mol. The summed E-state index contributed by atoms with van der Waals surface area (Å²) < 4.78 is 0. The molecule has 0 nitrogen and oxygen atoms in total. The lowest BCUT2D eigenvalue weighted by molar-refractivity contribution is 1.34. The third-order valence-corrected chi connectivity index (χ3v) is 4.46. The Hall–Kier alpha value is -3.12. The second kappa shape index (κ2) is 14.9. The van der Waals surface area contributed by atoms with Crippen molar-refractivity contribution in [3.63, 3.8) is 0 Å². The fourth-order valence-electron chi connectivity index (χ4n) is 2.24. The Morgan fingerprint density at radius 1 is 0.276 bits per heavy atom. The zero-order valence-electron chi connectivity index (χ0n) is 18.5. The van der Waals surface area contributed by atoms with E-state index < -0.39 is 0 Å². The molecule has 4 aromatic carbocycles. The molecule has 0 saturated carbocycles. The standard InChI is InChI=1S/2C8H10.C7H8.C6H6/c2*1-7-5-3-4-6-8(7)2;1-7-5-3-2-4-6-7;1-2-4-6-5-3-1/h2*3-6H,1-2H3;2-6H,1H3;1-6H. The van der Waals surface area contributed by atoms with Crippen LogP contribution < -0.4 is 0 Å². The van der Waals surface area contributed by atoms with Gasteiger partial charge in [-0.15, -0.1) is 0 Å². The van der Waals surface area contributed by atoms with Gasteiger partial charge in [-0.3, -0.25) is 0 Å². The molecule has 0 aromatic heterocycles. The molecule has 0 aliphatic rings. The summed E-state index contributed by atoms with van der Waals surface area (Å²) in [5.41, 5.74) is 6.79. The zero-order chi connectivity index (χ0) is 21.3. The van der Waals surface area contributed by atoms with E-state index in [2.05, 4.69) is 95.3 Å². The lowest BCUT2D eigenvalue weighted by Crippen LogP contribution is -1.74. The van der Waals surface area contributed by atoms with Crippen molar-refractivity contribution < 1.29 is 0 Å². The number of rotatable bonds is 0. The maximum atomic E-state index is 2.12. The Bertz CT molecular complexity index is 781. The summed E-state index contributed by atoms with van der Waals surface area (Å²) in [6, 6.07) is 39.0. The third kappa shape index (κ3) is 12.0. The first-order valence-corrected chi connectivity index (χ1v) is 10.1. The van der Waals surface area contributed by atoms with Crippen molar-refractivity contribution >= 4 is 0 Å². The van der Waals surface area contributed by atoms with Crippen LogP contribution in [0.4, 0.5) is 0 Å². The van der Waals surface area contributed by atoms with Crippen LogP contribution in [0.25, 0.3) is 0 Å². The van der Waals surface area contributed by atoms with Gasteiger partial charge in [0.1, 0.15) is 0 Å². The van der Waals surface area contributed by atoms with Crippen LogP contribution >= 0.6 is 0 Å². The van der Waals surface area contributed by atoms with Crippen molar-refractivity contribution in [1.29, 1.82) is 0 Å². The van der Waals surface area contributed by atoms with Crippen molar-refractivity contribution in [3.05, 3.63) is 143 Å². The third-order valence-electron chi connectivity index (χ3n) is 4.46. The van der Waals surface area contributed by atoms with Crippen molar-refractivity contribution in [2.24, 2.45) is 0 Å². The first-order chi connectivity index (χ1) is 14.0. The van der Waals surface area contributed by atoms with Crippen molar-refractivity contribution in [1.82, 2.24) is 0 Å². The molecule has 0 spiro atoms. The molecule has 0 heteroatoms. The van der Waals surface area contributed by atoms with E-state index in [4.69, 9.17) is 0 Å². The minimum absolute atomic E-state index is 1.32. The normalized spacial score (nSPS) is 8.86. The van der Waals surface area contributed by atoms with Crippen LogP contribution in [0, 0.1) is 34.6 Å². The maximum absolute atomic E-state index is 2.12. The minimum atomic E-state index is 1.32. The van der Waals surface area contributed by atoms with Crippen LogP contribution in [0.5, 0.6) is 0 Å². The molecule has 0 aliphatic carbocycles. The Balaban J connectivity index is 0.000000194. The predicted octanol–water partition coefficient (Wildman–Crippen LogP) is 8.29. The van der Waals surface area contributed by atoms with Crippen LogP contribution in [0.15, 0.2) is 115 Å². The molecule has 0 fully saturated rings. The van der Waals surface area contributed by atoms with Crippen LogP contribution in [-0.4, -0.2) is 0 Å². The molecule has 29 heavy (non-hydrogen) atoms. The van der Waals surface area contributed by atoms with Gasteiger partial charge in [0.2, 0.25) is 0 Å². The van der Waals surface area contributed by atoms with Crippen LogP contribution in [0.2, 0.25) is 0 Å². The van der Waals surface area contributed by atoms with Crippen LogP contribution in [-0.2, 0) is 0 Å². The van der Waals surface area contributed by atoms with E-state index in [1.807, 2.05) is 54.6 Å². The van der Waals surface area contributed by atoms with Gasteiger partial charge in [-0.05, 0) is 56.9 Å². The highest BCUT2D eigenvalue weighted by atomic mass is 13.9. The molecule has 0 saturated heterocycles. The molecule has 0 bridgehead atoms. The fourth-order valence-corrected chi connectivity index (χ4v) is 2.24. The van der Waals surface area contributed by atoms with E-state index in [1.54, 1.807) is 0 Å². The summed E-state index contributed by atoms with van der Waals surface area (Å²) >= 11 is 0. The van der Waals surface area contributed by atoms with Crippen molar-refractivity contribution in [2.45, 2.75) is 34.6 Å². The molecular formula is C29H34. The van der Waals surface area contributed by atoms with E-state index in [1.165, 1.54) is 27.8 Å². The van der Waals surface area contributed by atoms with E-state index in [-0.39, 0.29) is 0 Å². The van der Waals surface area contributed by atoms with Gasteiger partial charge >= 0.3 is 0 Å². The molecule has 0 N–H and O–H groups in total. The van der Waals surface area contributed by atoms with E-state index >= 15 is 0 Å². The summed E-state index contributed by atoms with van der Waals surface area (Å²) in [7, 11) is 0. The summed E-state index contributed by atoms with van der Waals surface area (Å²) in [6.07, 6.45) is 0. The predicted molar refractivity (Wildman–Crippen MR) is 129 cm³/mol. The van der Waals surface area contributed by atoms with Gasteiger partial charge in [-0.25, -0.2) is 0 Å².